The van der Waals surface area contributed by atoms with Gasteiger partial charge >= 0.3 is 0 Å². The van der Waals surface area contributed by atoms with E-state index in [0.29, 0.717) is 5.56 Å². The third kappa shape index (κ3) is 3.47. The van der Waals surface area contributed by atoms with Crippen LogP contribution < -0.4 is 4.74 Å². The minimum absolute atomic E-state index is 0.0157. The first-order valence-corrected chi connectivity index (χ1v) is 7.37. The van der Waals surface area contributed by atoms with E-state index in [0.717, 1.165) is 0 Å². The topological polar surface area (TPSA) is 124 Å². The molecular weight excluding hydrogens is 328 g/mol. The van der Waals surface area contributed by atoms with Crippen molar-refractivity contribution in [3.63, 3.8) is 0 Å². The Morgan fingerprint density at radius 3 is 1.84 bits per heavy atom. The molecule has 0 atom stereocenters. The number of aryl methyl sites for hydroxylation is 1. The number of hydrogen-bond acceptors (Lipinski definition) is 7. The maximum absolute atomic E-state index is 12.5. The molecule has 25 heavy (non-hydrogen) atoms. The Morgan fingerprint density at radius 1 is 0.880 bits per heavy atom. The van der Waals surface area contributed by atoms with Crippen LogP contribution in [0.5, 0.6) is 17.2 Å². The zero-order valence-corrected chi connectivity index (χ0v) is 13.7. The van der Waals surface area contributed by atoms with Crippen molar-refractivity contribution in [2.24, 2.45) is 0 Å². The van der Waals surface area contributed by atoms with Gasteiger partial charge in [0.25, 0.3) is 0 Å². The Kier molecular flexibility index (Phi) is 5.41. The van der Waals surface area contributed by atoms with Gasteiger partial charge in [-0.05, 0) is 36.8 Å². The number of hydrogen-bond donors (Lipinski definition) is 4. The highest BCUT2D eigenvalue weighted by atomic mass is 16.5. The van der Waals surface area contributed by atoms with Gasteiger partial charge < -0.3 is 25.2 Å². The summed E-state index contributed by atoms with van der Waals surface area (Å²) < 4.78 is 4.94. The molecule has 2 aromatic carbocycles. The number of carbonyl (C=O) groups excluding carboxylic acids is 2. The molecule has 4 N–H and O–H groups in total. The van der Waals surface area contributed by atoms with Crippen molar-refractivity contribution in [1.29, 1.82) is 0 Å². The predicted octanol–water partition coefficient (Wildman–Crippen LogP) is 1.47. The van der Waals surface area contributed by atoms with Gasteiger partial charge in [0.2, 0.25) is 11.6 Å². The third-order valence-corrected chi connectivity index (χ3v) is 3.82. The van der Waals surface area contributed by atoms with Crippen molar-refractivity contribution in [3.8, 4) is 17.2 Å². The van der Waals surface area contributed by atoms with Gasteiger partial charge in [-0.2, -0.15) is 0 Å². The van der Waals surface area contributed by atoms with Gasteiger partial charge in [0.15, 0.2) is 11.5 Å². The Bertz CT molecular complexity index is 815. The SMILES string of the molecule is COc1cc(C(=O)C(=O)c2cc(C)c(O)c(CO)c2)cc(CO)c1O. The predicted molar refractivity (Wildman–Crippen MR) is 88.0 cm³/mol. The molecule has 2 aromatic rings. The van der Waals surface area contributed by atoms with Gasteiger partial charge in [-0.25, -0.2) is 0 Å². The Balaban J connectivity index is 2.48. The Morgan fingerprint density at radius 2 is 1.36 bits per heavy atom. The highest BCUT2D eigenvalue weighted by Crippen LogP contribution is 2.32. The second-order valence-electron chi connectivity index (χ2n) is 5.46. The highest BCUT2D eigenvalue weighted by Gasteiger charge is 2.23. The van der Waals surface area contributed by atoms with E-state index in [-0.39, 0.29) is 39.5 Å². The Labute approximate surface area is 143 Å². The highest BCUT2D eigenvalue weighted by molar-refractivity contribution is 6.49. The molecule has 0 saturated carbocycles. The molecular formula is C18H18O7. The van der Waals surface area contributed by atoms with Gasteiger partial charge in [-0.3, -0.25) is 9.59 Å². The molecule has 0 bridgehead atoms. The number of rotatable bonds is 6. The van der Waals surface area contributed by atoms with E-state index in [1.54, 1.807) is 6.92 Å². The second-order valence-corrected chi connectivity index (χ2v) is 5.46. The van der Waals surface area contributed by atoms with E-state index in [1.807, 2.05) is 0 Å². The summed E-state index contributed by atoms with van der Waals surface area (Å²) in [4.78, 5) is 25.0. The first-order chi connectivity index (χ1) is 11.8. The fourth-order valence-electron chi connectivity index (χ4n) is 2.44. The number of carbonyl (C=O) groups is 2. The molecule has 0 radical (unpaired) electrons. The molecule has 0 unspecified atom stereocenters. The average Bonchev–Trinajstić information content (AvgIpc) is 2.62. The van der Waals surface area contributed by atoms with E-state index in [4.69, 9.17) is 4.74 Å². The molecule has 2 rings (SSSR count). The van der Waals surface area contributed by atoms with Gasteiger partial charge in [-0.15, -0.1) is 0 Å². The summed E-state index contributed by atoms with van der Waals surface area (Å²) in [5.74, 6) is -2.21. The van der Waals surface area contributed by atoms with E-state index >= 15 is 0 Å². The van der Waals surface area contributed by atoms with Crippen molar-refractivity contribution in [1.82, 2.24) is 0 Å². The monoisotopic (exact) mass is 346 g/mol. The quantitative estimate of drug-likeness (QED) is 0.461. The van der Waals surface area contributed by atoms with Gasteiger partial charge in [0, 0.05) is 22.3 Å². The third-order valence-electron chi connectivity index (χ3n) is 3.82. The molecule has 0 saturated heterocycles. The molecule has 0 heterocycles. The van der Waals surface area contributed by atoms with Crippen LogP contribution in [-0.4, -0.2) is 39.1 Å². The first-order valence-electron chi connectivity index (χ1n) is 7.37. The lowest BCUT2D eigenvalue weighted by atomic mass is 9.96. The largest absolute Gasteiger partial charge is 0.507 e. The standard InChI is InChI=1S/C18H18O7/c1-9-3-10(4-12(7-19)15(9)21)17(23)18(24)11-5-13(8-20)16(22)14(6-11)25-2/h3-6,19-22H,7-8H2,1-2H3. The summed E-state index contributed by atoms with van der Waals surface area (Å²) in [6.45, 7) is 0.525. The van der Waals surface area contributed by atoms with Gasteiger partial charge in [0.1, 0.15) is 5.75 Å². The van der Waals surface area contributed by atoms with Crippen molar-refractivity contribution in [3.05, 3.63) is 52.1 Å². The molecule has 132 valence electrons. The minimum Gasteiger partial charge on any atom is -0.507 e. The summed E-state index contributed by atoms with van der Waals surface area (Å²) in [6, 6.07) is 5.00. The van der Waals surface area contributed by atoms with Crippen LogP contribution in [0.2, 0.25) is 0 Å². The molecule has 7 nitrogen and oxygen atoms in total. The lowest BCUT2D eigenvalue weighted by Gasteiger charge is -2.11. The maximum Gasteiger partial charge on any atom is 0.233 e. The van der Waals surface area contributed by atoms with Crippen molar-refractivity contribution < 1.29 is 34.8 Å². The fourth-order valence-corrected chi connectivity index (χ4v) is 2.44. The lowest BCUT2D eigenvalue weighted by molar-refractivity contribution is 0.0816. The van der Waals surface area contributed by atoms with Crippen LogP contribution in [0.4, 0.5) is 0 Å². The number of benzene rings is 2. The average molecular weight is 346 g/mol. The van der Waals surface area contributed by atoms with Crippen molar-refractivity contribution >= 4 is 11.6 Å². The first kappa shape index (κ1) is 18.4. The van der Waals surface area contributed by atoms with Crippen LogP contribution in [-0.2, 0) is 13.2 Å². The summed E-state index contributed by atoms with van der Waals surface area (Å²) in [5.41, 5.74) is 0.493. The van der Waals surface area contributed by atoms with Crippen LogP contribution in [0.25, 0.3) is 0 Å². The second kappa shape index (κ2) is 7.33. The van der Waals surface area contributed by atoms with E-state index in [9.17, 15) is 30.0 Å². The molecule has 7 heteroatoms. The van der Waals surface area contributed by atoms with Gasteiger partial charge in [0.05, 0.1) is 20.3 Å². The van der Waals surface area contributed by atoms with Crippen LogP contribution in [0.3, 0.4) is 0 Å². The number of aromatic hydroxyl groups is 2. The maximum atomic E-state index is 12.5. The molecule has 0 fully saturated rings. The van der Waals surface area contributed by atoms with Crippen LogP contribution in [0.15, 0.2) is 24.3 Å². The number of phenols is 2. The fraction of sp³-hybridized carbons (Fsp3) is 0.222. The number of Topliss-reactive ketones (excluding diaryl/α,β-unsaturated/α-hetero) is 2. The zero-order chi connectivity index (χ0) is 18.7. The Hall–Kier alpha value is -2.90. The molecule has 0 amide bonds. The number of ketones is 2. The number of aliphatic hydroxyl groups is 2. The van der Waals surface area contributed by atoms with E-state index in [2.05, 4.69) is 0 Å². The molecule has 0 aliphatic carbocycles. The van der Waals surface area contributed by atoms with E-state index in [1.165, 1.54) is 31.4 Å². The van der Waals surface area contributed by atoms with Crippen LogP contribution in [0.1, 0.15) is 37.4 Å². The minimum atomic E-state index is -0.873. The zero-order valence-electron chi connectivity index (χ0n) is 13.7. The lowest BCUT2D eigenvalue weighted by Crippen LogP contribution is -2.16. The number of ether oxygens (including phenoxy) is 1. The molecule has 0 aliphatic rings. The molecule has 0 aromatic heterocycles. The van der Waals surface area contributed by atoms with Crippen molar-refractivity contribution in [2.45, 2.75) is 20.1 Å². The summed E-state index contributed by atoms with van der Waals surface area (Å²) >= 11 is 0. The van der Waals surface area contributed by atoms with Gasteiger partial charge in [-0.1, -0.05) is 0 Å². The summed E-state index contributed by atoms with van der Waals surface area (Å²) in [6.07, 6.45) is 0. The number of methoxy groups -OCH3 is 1. The van der Waals surface area contributed by atoms with Crippen LogP contribution >= 0.6 is 0 Å². The number of aliphatic hydroxyl groups excluding tert-OH is 2. The van der Waals surface area contributed by atoms with E-state index < -0.39 is 24.8 Å². The van der Waals surface area contributed by atoms with Crippen molar-refractivity contribution in [2.75, 3.05) is 7.11 Å². The smallest absolute Gasteiger partial charge is 0.233 e. The normalized spacial score (nSPS) is 10.6. The molecule has 0 aliphatic heterocycles. The summed E-state index contributed by atoms with van der Waals surface area (Å²) in [7, 11) is 1.28. The molecule has 0 spiro atoms. The van der Waals surface area contributed by atoms with Crippen LogP contribution in [0, 0.1) is 6.92 Å². The summed E-state index contributed by atoms with van der Waals surface area (Å²) in [5, 5.41) is 38.2.